The highest BCUT2D eigenvalue weighted by Gasteiger charge is 2.06. The quantitative estimate of drug-likeness (QED) is 0.854. The standard InChI is InChI=1S/C17H17NO2.CH4/c1-13(19)15-7-9-16(10-8-15)17(20)18-12-11-14-5-3-2-4-6-14;/h2-10H,11-12H2,1H3,(H,18,20);1H4. The molecule has 2 rings (SSSR count). The third kappa shape index (κ3) is 4.88. The van der Waals surface area contributed by atoms with Crippen LogP contribution in [0.15, 0.2) is 54.6 Å². The fraction of sp³-hybridized carbons (Fsp3) is 0.222. The van der Waals surface area contributed by atoms with Crippen LogP contribution in [0, 0.1) is 0 Å². The monoisotopic (exact) mass is 283 g/mol. The minimum Gasteiger partial charge on any atom is -0.352 e. The van der Waals surface area contributed by atoms with Crippen LogP contribution in [-0.4, -0.2) is 18.2 Å². The van der Waals surface area contributed by atoms with E-state index in [0.717, 1.165) is 6.42 Å². The smallest absolute Gasteiger partial charge is 0.251 e. The molecule has 0 aliphatic heterocycles. The Morgan fingerprint density at radius 2 is 1.48 bits per heavy atom. The summed E-state index contributed by atoms with van der Waals surface area (Å²) in [6.07, 6.45) is 0.804. The average molecular weight is 283 g/mol. The van der Waals surface area contributed by atoms with Gasteiger partial charge in [0.25, 0.3) is 5.91 Å². The summed E-state index contributed by atoms with van der Waals surface area (Å²) in [5, 5.41) is 2.87. The van der Waals surface area contributed by atoms with Crippen LogP contribution in [0.2, 0.25) is 0 Å². The van der Waals surface area contributed by atoms with E-state index in [2.05, 4.69) is 5.32 Å². The number of amides is 1. The van der Waals surface area contributed by atoms with Crippen molar-refractivity contribution < 1.29 is 9.59 Å². The molecule has 0 aliphatic rings. The van der Waals surface area contributed by atoms with Crippen LogP contribution in [0.25, 0.3) is 0 Å². The van der Waals surface area contributed by atoms with E-state index in [1.165, 1.54) is 12.5 Å². The number of carbonyl (C=O) groups is 2. The lowest BCUT2D eigenvalue weighted by Gasteiger charge is -2.06. The Hall–Kier alpha value is -2.42. The van der Waals surface area contributed by atoms with Gasteiger partial charge in [0.2, 0.25) is 0 Å². The van der Waals surface area contributed by atoms with E-state index in [9.17, 15) is 9.59 Å². The predicted octanol–water partition coefficient (Wildman–Crippen LogP) is 3.50. The van der Waals surface area contributed by atoms with Crippen LogP contribution in [0.1, 0.15) is 40.6 Å². The third-order valence-electron chi connectivity index (χ3n) is 3.10. The summed E-state index contributed by atoms with van der Waals surface area (Å²) in [6, 6.07) is 16.7. The van der Waals surface area contributed by atoms with Gasteiger partial charge in [0.15, 0.2) is 5.78 Å². The van der Waals surface area contributed by atoms with Gasteiger partial charge in [0.1, 0.15) is 0 Å². The minimum absolute atomic E-state index is 0. The molecule has 0 aliphatic carbocycles. The molecular formula is C18H21NO2. The first-order chi connectivity index (χ1) is 9.66. The lowest BCUT2D eigenvalue weighted by Crippen LogP contribution is -2.25. The lowest BCUT2D eigenvalue weighted by atomic mass is 10.1. The SMILES string of the molecule is C.CC(=O)c1ccc(C(=O)NCCc2ccccc2)cc1. The molecule has 0 bridgehead atoms. The number of hydrogen-bond acceptors (Lipinski definition) is 2. The molecule has 0 aromatic heterocycles. The Kier molecular flexibility index (Phi) is 6.34. The molecule has 0 heterocycles. The maximum Gasteiger partial charge on any atom is 0.251 e. The first-order valence-electron chi connectivity index (χ1n) is 6.60. The molecule has 2 aromatic carbocycles. The van der Waals surface area contributed by atoms with Crippen LogP contribution in [0.5, 0.6) is 0 Å². The van der Waals surface area contributed by atoms with E-state index in [0.29, 0.717) is 17.7 Å². The summed E-state index contributed by atoms with van der Waals surface area (Å²) in [7, 11) is 0. The highest BCUT2D eigenvalue weighted by Crippen LogP contribution is 2.05. The zero-order valence-electron chi connectivity index (χ0n) is 11.4. The van der Waals surface area contributed by atoms with Crippen molar-refractivity contribution >= 4 is 11.7 Å². The summed E-state index contributed by atoms with van der Waals surface area (Å²) >= 11 is 0. The number of ketones is 1. The van der Waals surface area contributed by atoms with Crippen molar-refractivity contribution in [3.8, 4) is 0 Å². The zero-order chi connectivity index (χ0) is 14.4. The average Bonchev–Trinajstić information content (AvgIpc) is 2.48. The summed E-state index contributed by atoms with van der Waals surface area (Å²) < 4.78 is 0. The van der Waals surface area contributed by atoms with Crippen molar-refractivity contribution in [3.05, 3.63) is 71.3 Å². The number of carbonyl (C=O) groups excluding carboxylic acids is 2. The zero-order valence-corrected chi connectivity index (χ0v) is 11.4. The van der Waals surface area contributed by atoms with E-state index in [1.807, 2.05) is 30.3 Å². The minimum atomic E-state index is -0.115. The molecule has 0 saturated carbocycles. The van der Waals surface area contributed by atoms with Crippen molar-refractivity contribution in [1.82, 2.24) is 5.32 Å². The van der Waals surface area contributed by atoms with E-state index in [4.69, 9.17) is 0 Å². The summed E-state index contributed by atoms with van der Waals surface area (Å²) in [5.41, 5.74) is 2.38. The van der Waals surface area contributed by atoms with Crippen molar-refractivity contribution in [2.24, 2.45) is 0 Å². The van der Waals surface area contributed by atoms with Crippen LogP contribution < -0.4 is 5.32 Å². The first kappa shape index (κ1) is 16.6. The molecule has 21 heavy (non-hydrogen) atoms. The molecule has 1 amide bonds. The van der Waals surface area contributed by atoms with Crippen LogP contribution in [0.4, 0.5) is 0 Å². The maximum absolute atomic E-state index is 11.9. The Bertz CT molecular complexity index is 588. The number of Topliss-reactive ketones (excluding diaryl/α,β-unsaturated/α-hetero) is 1. The molecule has 1 N–H and O–H groups in total. The van der Waals surface area contributed by atoms with Gasteiger partial charge < -0.3 is 5.32 Å². The van der Waals surface area contributed by atoms with E-state index >= 15 is 0 Å². The number of hydrogen-bond donors (Lipinski definition) is 1. The van der Waals surface area contributed by atoms with Crippen LogP contribution >= 0.6 is 0 Å². The number of benzene rings is 2. The molecular weight excluding hydrogens is 262 g/mol. The van der Waals surface area contributed by atoms with Crippen molar-refractivity contribution in [2.75, 3.05) is 6.54 Å². The van der Waals surface area contributed by atoms with Crippen molar-refractivity contribution in [1.29, 1.82) is 0 Å². The first-order valence-corrected chi connectivity index (χ1v) is 6.60. The van der Waals surface area contributed by atoms with Crippen LogP contribution in [-0.2, 0) is 6.42 Å². The van der Waals surface area contributed by atoms with Gasteiger partial charge >= 0.3 is 0 Å². The summed E-state index contributed by atoms with van der Waals surface area (Å²) in [6.45, 7) is 2.10. The molecule has 0 fully saturated rings. The van der Waals surface area contributed by atoms with Gasteiger partial charge in [-0.25, -0.2) is 0 Å². The summed E-state index contributed by atoms with van der Waals surface area (Å²) in [4.78, 5) is 23.1. The number of rotatable bonds is 5. The fourth-order valence-corrected chi connectivity index (χ4v) is 1.92. The molecule has 0 unspecified atom stereocenters. The molecule has 0 radical (unpaired) electrons. The molecule has 0 atom stereocenters. The third-order valence-corrected chi connectivity index (χ3v) is 3.10. The number of nitrogens with one attached hydrogen (secondary N) is 1. The molecule has 0 spiro atoms. The Labute approximate surface area is 126 Å². The second kappa shape index (κ2) is 8.00. The topological polar surface area (TPSA) is 46.2 Å². The largest absolute Gasteiger partial charge is 0.352 e. The van der Waals surface area contributed by atoms with Gasteiger partial charge in [-0.1, -0.05) is 49.9 Å². The van der Waals surface area contributed by atoms with E-state index in [-0.39, 0.29) is 19.1 Å². The Morgan fingerprint density at radius 3 is 2.05 bits per heavy atom. The van der Waals surface area contributed by atoms with Gasteiger partial charge in [-0.15, -0.1) is 0 Å². The van der Waals surface area contributed by atoms with Gasteiger partial charge in [0, 0.05) is 17.7 Å². The Balaban J connectivity index is 0.00000220. The highest BCUT2D eigenvalue weighted by molar-refractivity contribution is 5.97. The normalized spacial score (nSPS) is 9.57. The predicted molar refractivity (Wildman–Crippen MR) is 85.7 cm³/mol. The van der Waals surface area contributed by atoms with Gasteiger partial charge in [-0.05, 0) is 31.0 Å². The Morgan fingerprint density at radius 1 is 0.905 bits per heavy atom. The molecule has 2 aromatic rings. The van der Waals surface area contributed by atoms with Gasteiger partial charge in [-0.3, -0.25) is 9.59 Å². The maximum atomic E-state index is 11.9. The van der Waals surface area contributed by atoms with Crippen molar-refractivity contribution in [3.63, 3.8) is 0 Å². The molecule has 0 saturated heterocycles. The van der Waals surface area contributed by atoms with Crippen molar-refractivity contribution in [2.45, 2.75) is 20.8 Å². The van der Waals surface area contributed by atoms with E-state index < -0.39 is 0 Å². The lowest BCUT2D eigenvalue weighted by molar-refractivity contribution is 0.0952. The second-order valence-electron chi connectivity index (χ2n) is 4.63. The molecule has 3 heteroatoms. The highest BCUT2D eigenvalue weighted by atomic mass is 16.1. The molecule has 110 valence electrons. The fourth-order valence-electron chi connectivity index (χ4n) is 1.92. The molecule has 3 nitrogen and oxygen atoms in total. The van der Waals surface area contributed by atoms with E-state index in [1.54, 1.807) is 24.3 Å². The van der Waals surface area contributed by atoms with Crippen LogP contribution in [0.3, 0.4) is 0 Å². The van der Waals surface area contributed by atoms with Gasteiger partial charge in [0.05, 0.1) is 0 Å². The van der Waals surface area contributed by atoms with Gasteiger partial charge in [-0.2, -0.15) is 0 Å². The second-order valence-corrected chi connectivity index (χ2v) is 4.63. The summed E-state index contributed by atoms with van der Waals surface area (Å²) in [5.74, 6) is -0.114.